The number of aliphatic hydroxyl groups is 1. The summed E-state index contributed by atoms with van der Waals surface area (Å²) in [5.41, 5.74) is 0.576. The molecule has 0 bridgehead atoms. The lowest BCUT2D eigenvalue weighted by Gasteiger charge is -2.39. The second-order valence-electron chi connectivity index (χ2n) is 18.0. The molecule has 1 fully saturated rings. The molecule has 0 spiro atoms. The van der Waals surface area contributed by atoms with Crippen LogP contribution in [0, 0.1) is 0 Å². The van der Waals surface area contributed by atoms with Crippen molar-refractivity contribution in [1.82, 2.24) is 25.3 Å². The quantitative estimate of drug-likeness (QED) is 0.0476. The van der Waals surface area contributed by atoms with Crippen LogP contribution in [-0.4, -0.2) is 83.9 Å². The molecular weight excluding hydrogens is 890 g/mol. The van der Waals surface area contributed by atoms with E-state index in [1.807, 2.05) is 41.1 Å². The number of halogens is 1. The number of fused-ring (bicyclic) bond motifs is 1. The number of hydrogen-bond donors (Lipinski definition) is 4. The summed E-state index contributed by atoms with van der Waals surface area (Å²) in [6.07, 6.45) is 3.98. The van der Waals surface area contributed by atoms with Gasteiger partial charge in [0.15, 0.2) is 8.32 Å². The standard InChI is InChI=1S/C47H58ClN5O8S2Si/c1-46(2,3)64(6,7)61-38(32-18-20-36(54)43-33(32)19-21-41(55)50-43)28-49-27-29-25-35(48)34(26-37(29)58-5)44-51-42(60-52-44)13-8-22-53(4)30-14-16-31(17-15-30)59-45(56)47(57,39-11-9-23-62-39)40-12-10-24-63-40/h9-12,18-21,23-26,30-31,38,49,54,57H,8,13-17,22,27-28H2,1-7H3,(H,50,55)/t30-,31-,38-/m0/s1. The highest BCUT2D eigenvalue weighted by molar-refractivity contribution is 7.12. The molecule has 7 rings (SSSR count). The number of phenolic OH excluding ortho intramolecular Hbond substituents is 1. The van der Waals surface area contributed by atoms with Gasteiger partial charge in [-0.15, -0.1) is 22.7 Å². The predicted molar refractivity (Wildman–Crippen MR) is 255 cm³/mol. The monoisotopic (exact) mass is 947 g/mol. The van der Waals surface area contributed by atoms with Gasteiger partial charge in [0.1, 0.15) is 17.6 Å². The van der Waals surface area contributed by atoms with E-state index in [0.717, 1.165) is 55.2 Å². The Bertz CT molecular complexity index is 2530. The number of nitrogens with zero attached hydrogens (tertiary/aromatic N) is 3. The van der Waals surface area contributed by atoms with Crippen LogP contribution in [0.3, 0.4) is 0 Å². The van der Waals surface area contributed by atoms with Crippen LogP contribution in [0.25, 0.3) is 22.3 Å². The van der Waals surface area contributed by atoms with E-state index in [1.54, 1.807) is 31.4 Å². The molecule has 0 unspecified atom stereocenters. The zero-order chi connectivity index (χ0) is 45.8. The number of phenols is 1. The number of methoxy groups -OCH3 is 1. The zero-order valence-electron chi connectivity index (χ0n) is 37.4. The lowest BCUT2D eigenvalue weighted by Crippen LogP contribution is -2.43. The van der Waals surface area contributed by atoms with E-state index in [-0.39, 0.29) is 28.6 Å². The third kappa shape index (κ3) is 10.5. The summed E-state index contributed by atoms with van der Waals surface area (Å²) in [6.45, 7) is 12.6. The summed E-state index contributed by atoms with van der Waals surface area (Å²) in [5.74, 6) is 0.891. The second kappa shape index (κ2) is 20.0. The maximum absolute atomic E-state index is 13.5. The maximum atomic E-state index is 13.5. The highest BCUT2D eigenvalue weighted by Gasteiger charge is 2.45. The maximum Gasteiger partial charge on any atom is 0.349 e. The third-order valence-electron chi connectivity index (χ3n) is 12.7. The number of ether oxygens (including phenoxy) is 2. The molecule has 1 aliphatic rings. The SMILES string of the molecule is COc1cc(-c2noc(CCCN(C)[C@H]3CC[C@H](OC(=O)C(O)(c4cccs4)c4cccs4)CC3)n2)c(Cl)cc1CNC[C@H](O[Si](C)(C)C(C)(C)C)c1ccc(O)c2[nH]c(=O)ccc12. The van der Waals surface area contributed by atoms with Gasteiger partial charge in [0.2, 0.25) is 22.9 Å². The van der Waals surface area contributed by atoms with Crippen molar-refractivity contribution in [3.63, 3.8) is 0 Å². The normalized spacial score (nSPS) is 16.7. The highest BCUT2D eigenvalue weighted by Crippen LogP contribution is 2.42. The van der Waals surface area contributed by atoms with E-state index in [4.69, 9.17) is 30.0 Å². The molecule has 64 heavy (non-hydrogen) atoms. The Labute approximate surface area is 387 Å². The fourth-order valence-corrected chi connectivity index (χ4v) is 11.2. The van der Waals surface area contributed by atoms with Crippen molar-refractivity contribution in [3.8, 4) is 22.9 Å². The van der Waals surface area contributed by atoms with Crippen LogP contribution >= 0.6 is 34.3 Å². The lowest BCUT2D eigenvalue weighted by atomic mass is 9.91. The number of hydrogen-bond acceptors (Lipinski definition) is 14. The molecule has 0 saturated heterocycles. The van der Waals surface area contributed by atoms with Gasteiger partial charge in [-0.2, -0.15) is 4.98 Å². The summed E-state index contributed by atoms with van der Waals surface area (Å²) in [6, 6.07) is 17.9. The van der Waals surface area contributed by atoms with Gasteiger partial charge >= 0.3 is 5.97 Å². The van der Waals surface area contributed by atoms with Crippen LogP contribution in [-0.2, 0) is 32.5 Å². The van der Waals surface area contributed by atoms with Crippen molar-refractivity contribution in [2.75, 3.05) is 27.2 Å². The van der Waals surface area contributed by atoms with Crippen molar-refractivity contribution >= 4 is 59.5 Å². The van der Waals surface area contributed by atoms with Crippen LogP contribution in [0.2, 0.25) is 23.2 Å². The van der Waals surface area contributed by atoms with Crippen molar-refractivity contribution in [1.29, 1.82) is 0 Å². The molecule has 6 aromatic rings. The largest absolute Gasteiger partial charge is 0.506 e. The summed E-state index contributed by atoms with van der Waals surface area (Å²) in [4.78, 5) is 36.5. The number of rotatable bonds is 18. The van der Waals surface area contributed by atoms with Gasteiger partial charge in [0.05, 0.1) is 33.5 Å². The topological polar surface area (TPSA) is 172 Å². The molecule has 13 nitrogen and oxygen atoms in total. The Balaban J connectivity index is 0.929. The zero-order valence-corrected chi connectivity index (χ0v) is 40.8. The summed E-state index contributed by atoms with van der Waals surface area (Å²) in [7, 11) is 1.45. The highest BCUT2D eigenvalue weighted by atomic mass is 35.5. The Hall–Kier alpha value is -4.39. The van der Waals surface area contributed by atoms with Crippen LogP contribution in [0.5, 0.6) is 11.5 Å². The number of H-pyrrole nitrogens is 1. The van der Waals surface area contributed by atoms with Gasteiger partial charge in [-0.3, -0.25) is 4.79 Å². The number of pyridine rings is 1. The minimum atomic E-state index is -2.27. The van der Waals surface area contributed by atoms with Gasteiger partial charge in [-0.1, -0.05) is 55.7 Å². The van der Waals surface area contributed by atoms with Gasteiger partial charge in [0.25, 0.3) is 0 Å². The number of esters is 1. The minimum Gasteiger partial charge on any atom is -0.506 e. The van der Waals surface area contributed by atoms with Crippen LogP contribution in [0.4, 0.5) is 0 Å². The molecular formula is C47H58ClN5O8S2Si. The average Bonchev–Trinajstić information content (AvgIpc) is 4.09. The number of aromatic nitrogens is 3. The van der Waals surface area contributed by atoms with E-state index in [1.165, 1.54) is 28.7 Å². The Morgan fingerprint density at radius 3 is 2.41 bits per heavy atom. The molecule has 0 radical (unpaired) electrons. The van der Waals surface area contributed by atoms with Gasteiger partial charge < -0.3 is 43.8 Å². The minimum absolute atomic E-state index is 0.000443. The lowest BCUT2D eigenvalue weighted by molar-refractivity contribution is -0.169. The number of aromatic amines is 1. The first-order valence-corrected chi connectivity index (χ1v) is 26.7. The molecule has 4 aromatic heterocycles. The van der Waals surface area contributed by atoms with Gasteiger partial charge in [-0.25, -0.2) is 4.79 Å². The molecule has 0 amide bonds. The summed E-state index contributed by atoms with van der Waals surface area (Å²) >= 11 is 9.57. The summed E-state index contributed by atoms with van der Waals surface area (Å²) in [5, 5.41) is 34.8. The van der Waals surface area contributed by atoms with Crippen molar-refractivity contribution < 1.29 is 33.4 Å². The van der Waals surface area contributed by atoms with E-state index in [9.17, 15) is 19.8 Å². The molecule has 1 aliphatic carbocycles. The Morgan fingerprint density at radius 1 is 1.06 bits per heavy atom. The van der Waals surface area contributed by atoms with Gasteiger partial charge in [0, 0.05) is 48.1 Å². The Kier molecular flexibility index (Phi) is 14.9. The van der Waals surface area contributed by atoms with Crippen LogP contribution in [0.15, 0.2) is 80.7 Å². The molecule has 17 heteroatoms. The number of carbonyl (C=O) groups is 1. The first kappa shape index (κ1) is 47.6. The van der Waals surface area contributed by atoms with Crippen molar-refractivity contribution in [2.45, 2.75) is 108 Å². The number of nitrogens with one attached hydrogen (secondary N) is 2. The predicted octanol–water partition coefficient (Wildman–Crippen LogP) is 9.58. The average molecular weight is 949 g/mol. The molecule has 4 heterocycles. The Morgan fingerprint density at radius 2 is 1.77 bits per heavy atom. The number of aromatic hydroxyl groups is 1. The smallest absolute Gasteiger partial charge is 0.349 e. The van der Waals surface area contributed by atoms with Gasteiger partial charge in [-0.05, 0) is 117 Å². The summed E-state index contributed by atoms with van der Waals surface area (Å²) < 4.78 is 24.4. The number of aryl methyl sites for hydroxylation is 1. The van der Waals surface area contributed by atoms with Crippen molar-refractivity contribution in [2.24, 2.45) is 0 Å². The molecule has 342 valence electrons. The molecule has 0 aliphatic heterocycles. The number of carbonyl (C=O) groups excluding carboxylic acids is 1. The number of thiophene rings is 2. The number of benzene rings is 2. The van der Waals surface area contributed by atoms with E-state index < -0.39 is 19.9 Å². The second-order valence-corrected chi connectivity index (χ2v) is 25.1. The first-order valence-electron chi connectivity index (χ1n) is 21.6. The van der Waals surface area contributed by atoms with Crippen molar-refractivity contribution in [3.05, 3.63) is 114 Å². The molecule has 1 saturated carbocycles. The fourth-order valence-electron chi connectivity index (χ4n) is 7.98. The van der Waals surface area contributed by atoms with E-state index in [0.29, 0.717) is 68.9 Å². The van der Waals surface area contributed by atoms with E-state index >= 15 is 0 Å². The molecule has 4 N–H and O–H groups in total. The third-order valence-corrected chi connectivity index (χ3v) is 19.5. The molecule has 1 atom stereocenters. The van der Waals surface area contributed by atoms with Crippen LogP contribution < -0.4 is 15.6 Å². The van der Waals surface area contributed by atoms with Crippen LogP contribution in [0.1, 0.15) is 85.8 Å². The van der Waals surface area contributed by atoms with E-state index in [2.05, 4.69) is 66.3 Å². The fraction of sp³-hybridized carbons (Fsp3) is 0.447. The molecule has 2 aromatic carbocycles. The first-order chi connectivity index (χ1) is 30.5.